The Hall–Kier alpha value is -4.09. The van der Waals surface area contributed by atoms with Gasteiger partial charge in [0.2, 0.25) is 5.91 Å². The standard InChI is InChI=1S/C22H16F3N3O6/c23-22(24,25)13-6-9-16(18(10-13)28(33)34)26-17-2-1-3-19(29)21(17)15(11-20(26)30)12-4-7-14(8-5-12)27(31)32/h4-10,15H,1-3,11H2. The predicted octanol–water partition coefficient (Wildman–Crippen LogP) is 5.05. The number of hydrogen-bond acceptors (Lipinski definition) is 6. The van der Waals surface area contributed by atoms with E-state index >= 15 is 0 Å². The van der Waals surface area contributed by atoms with E-state index in [1.165, 1.54) is 24.3 Å². The van der Waals surface area contributed by atoms with Gasteiger partial charge in [-0.15, -0.1) is 0 Å². The van der Waals surface area contributed by atoms with Crippen molar-refractivity contribution in [3.63, 3.8) is 0 Å². The summed E-state index contributed by atoms with van der Waals surface area (Å²) in [6.45, 7) is 0. The van der Waals surface area contributed by atoms with E-state index in [-0.39, 0.29) is 47.7 Å². The zero-order valence-corrected chi connectivity index (χ0v) is 17.4. The number of carbonyl (C=O) groups excluding carboxylic acids is 2. The first kappa shape index (κ1) is 23.1. The number of nitro benzene ring substituents is 2. The molecule has 2 aliphatic rings. The molecule has 2 aromatic rings. The molecule has 9 nitrogen and oxygen atoms in total. The van der Waals surface area contributed by atoms with Gasteiger partial charge in [0.1, 0.15) is 5.69 Å². The first-order valence-electron chi connectivity index (χ1n) is 10.2. The molecule has 1 heterocycles. The monoisotopic (exact) mass is 475 g/mol. The molecule has 1 aliphatic heterocycles. The normalized spacial score (nSPS) is 18.7. The number of nitro groups is 2. The molecular weight excluding hydrogens is 459 g/mol. The number of Topliss-reactive ketones (excluding diaryl/α,β-unsaturated/α-hetero) is 1. The van der Waals surface area contributed by atoms with Gasteiger partial charge in [0.05, 0.1) is 15.4 Å². The van der Waals surface area contributed by atoms with Crippen LogP contribution in [0.3, 0.4) is 0 Å². The van der Waals surface area contributed by atoms with Crippen molar-refractivity contribution in [3.05, 3.63) is 85.1 Å². The molecule has 2 aromatic carbocycles. The van der Waals surface area contributed by atoms with Gasteiger partial charge in [0, 0.05) is 48.2 Å². The summed E-state index contributed by atoms with van der Waals surface area (Å²) in [4.78, 5) is 48.0. The van der Waals surface area contributed by atoms with Gasteiger partial charge in [-0.25, -0.2) is 0 Å². The lowest BCUT2D eigenvalue weighted by atomic mass is 9.77. The maximum Gasteiger partial charge on any atom is 0.416 e. The third-order valence-corrected chi connectivity index (χ3v) is 5.92. The van der Waals surface area contributed by atoms with Crippen molar-refractivity contribution >= 4 is 28.8 Å². The first-order valence-corrected chi connectivity index (χ1v) is 10.2. The molecule has 1 unspecified atom stereocenters. The Bertz CT molecular complexity index is 1250. The van der Waals surface area contributed by atoms with E-state index in [1.54, 1.807) is 0 Å². The lowest BCUT2D eigenvalue weighted by Gasteiger charge is -2.38. The lowest BCUT2D eigenvalue weighted by molar-refractivity contribution is -0.384. The van der Waals surface area contributed by atoms with Crippen molar-refractivity contribution in [2.45, 2.75) is 37.8 Å². The van der Waals surface area contributed by atoms with Crippen LogP contribution in [0.1, 0.15) is 42.7 Å². The van der Waals surface area contributed by atoms with Crippen LogP contribution in [0.2, 0.25) is 0 Å². The molecule has 0 saturated carbocycles. The molecule has 1 aliphatic carbocycles. The highest BCUT2D eigenvalue weighted by Crippen LogP contribution is 2.46. The third-order valence-electron chi connectivity index (χ3n) is 5.92. The van der Waals surface area contributed by atoms with Crippen LogP contribution in [0.4, 0.5) is 30.2 Å². The van der Waals surface area contributed by atoms with Crippen LogP contribution >= 0.6 is 0 Å². The Kier molecular flexibility index (Phi) is 5.67. The summed E-state index contributed by atoms with van der Waals surface area (Å²) < 4.78 is 39.4. The van der Waals surface area contributed by atoms with E-state index in [0.717, 1.165) is 11.0 Å². The smallest absolute Gasteiger partial charge is 0.294 e. The number of ketones is 1. The number of non-ortho nitro benzene ring substituents is 1. The highest BCUT2D eigenvalue weighted by Gasteiger charge is 2.42. The van der Waals surface area contributed by atoms with Gasteiger partial charge in [0.25, 0.3) is 11.4 Å². The fourth-order valence-electron chi connectivity index (χ4n) is 4.42. The lowest BCUT2D eigenvalue weighted by Crippen LogP contribution is -2.40. The molecule has 0 spiro atoms. The molecule has 0 radical (unpaired) electrons. The molecular formula is C22H16F3N3O6. The summed E-state index contributed by atoms with van der Waals surface area (Å²) in [6.07, 6.45) is -4.33. The summed E-state index contributed by atoms with van der Waals surface area (Å²) in [5, 5.41) is 22.6. The number of hydrogen-bond donors (Lipinski definition) is 0. The number of amides is 1. The maximum atomic E-state index is 13.2. The second kappa shape index (κ2) is 8.36. The third kappa shape index (κ3) is 4.02. The molecule has 0 fully saturated rings. The molecule has 176 valence electrons. The summed E-state index contributed by atoms with van der Waals surface area (Å²) in [7, 11) is 0. The molecule has 0 N–H and O–H groups in total. The number of benzene rings is 2. The van der Waals surface area contributed by atoms with Crippen LogP contribution in [-0.4, -0.2) is 21.5 Å². The highest BCUT2D eigenvalue weighted by molar-refractivity contribution is 6.08. The Balaban J connectivity index is 1.86. The van der Waals surface area contributed by atoms with Crippen LogP contribution in [-0.2, 0) is 15.8 Å². The van der Waals surface area contributed by atoms with E-state index in [2.05, 4.69) is 0 Å². The van der Waals surface area contributed by atoms with E-state index in [1.807, 2.05) is 0 Å². The van der Waals surface area contributed by atoms with Gasteiger partial charge in [0.15, 0.2) is 5.78 Å². The molecule has 1 atom stereocenters. The van der Waals surface area contributed by atoms with E-state index in [0.29, 0.717) is 24.1 Å². The average Bonchev–Trinajstić information content (AvgIpc) is 2.77. The number of alkyl halides is 3. The maximum absolute atomic E-state index is 13.2. The Labute approximate surface area is 189 Å². The second-order valence-corrected chi connectivity index (χ2v) is 7.93. The number of halogens is 3. The van der Waals surface area contributed by atoms with Crippen LogP contribution in [0, 0.1) is 20.2 Å². The minimum absolute atomic E-state index is 0.169. The van der Waals surface area contributed by atoms with Gasteiger partial charge in [-0.2, -0.15) is 13.2 Å². The van der Waals surface area contributed by atoms with Crippen molar-refractivity contribution < 1.29 is 32.6 Å². The minimum atomic E-state index is -4.82. The van der Waals surface area contributed by atoms with Crippen LogP contribution in [0.15, 0.2) is 53.7 Å². The molecule has 0 bridgehead atoms. The summed E-state index contributed by atoms with van der Waals surface area (Å²) in [5.74, 6) is -1.63. The van der Waals surface area contributed by atoms with Crippen molar-refractivity contribution in [2.24, 2.45) is 0 Å². The van der Waals surface area contributed by atoms with Gasteiger partial charge < -0.3 is 0 Å². The van der Waals surface area contributed by atoms with Crippen LogP contribution < -0.4 is 4.90 Å². The van der Waals surface area contributed by atoms with E-state index in [9.17, 15) is 43.0 Å². The van der Waals surface area contributed by atoms with E-state index < -0.39 is 39.1 Å². The Morgan fingerprint density at radius 2 is 1.62 bits per heavy atom. The molecule has 12 heteroatoms. The van der Waals surface area contributed by atoms with Gasteiger partial charge >= 0.3 is 6.18 Å². The molecule has 0 aromatic heterocycles. The number of rotatable bonds is 4. The Morgan fingerprint density at radius 3 is 2.21 bits per heavy atom. The number of anilines is 1. The zero-order chi connectivity index (χ0) is 24.8. The van der Waals surface area contributed by atoms with Gasteiger partial charge in [-0.3, -0.25) is 34.7 Å². The zero-order valence-electron chi connectivity index (χ0n) is 17.4. The fourth-order valence-corrected chi connectivity index (χ4v) is 4.42. The number of carbonyl (C=O) groups is 2. The topological polar surface area (TPSA) is 124 Å². The first-order chi connectivity index (χ1) is 16.0. The minimum Gasteiger partial charge on any atom is -0.294 e. The highest BCUT2D eigenvalue weighted by atomic mass is 19.4. The molecule has 34 heavy (non-hydrogen) atoms. The second-order valence-electron chi connectivity index (χ2n) is 7.93. The van der Waals surface area contributed by atoms with Gasteiger partial charge in [-0.1, -0.05) is 12.1 Å². The average molecular weight is 475 g/mol. The van der Waals surface area contributed by atoms with Crippen molar-refractivity contribution in [1.82, 2.24) is 0 Å². The van der Waals surface area contributed by atoms with Crippen molar-refractivity contribution in [3.8, 4) is 0 Å². The largest absolute Gasteiger partial charge is 0.416 e. The SMILES string of the molecule is O=C1CCCC2=C1C(c1ccc([N+](=O)[O-])cc1)CC(=O)N2c1ccc(C(F)(F)F)cc1[N+](=O)[O-]. The Morgan fingerprint density at radius 1 is 0.941 bits per heavy atom. The summed E-state index contributed by atoms with van der Waals surface area (Å²) in [6, 6.07) is 7.28. The van der Waals surface area contributed by atoms with Crippen molar-refractivity contribution in [1.29, 1.82) is 0 Å². The van der Waals surface area contributed by atoms with Crippen LogP contribution in [0.25, 0.3) is 0 Å². The number of allylic oxidation sites excluding steroid dienone is 2. The molecule has 0 saturated heterocycles. The predicted molar refractivity (Wildman–Crippen MR) is 112 cm³/mol. The van der Waals surface area contributed by atoms with E-state index in [4.69, 9.17) is 0 Å². The fraction of sp³-hybridized carbons (Fsp3) is 0.273. The quantitative estimate of drug-likeness (QED) is 0.450. The number of nitrogens with zero attached hydrogens (tertiary/aromatic N) is 3. The molecule has 4 rings (SSSR count). The van der Waals surface area contributed by atoms with Gasteiger partial charge in [-0.05, 0) is 30.5 Å². The molecule has 1 amide bonds. The van der Waals surface area contributed by atoms with Crippen LogP contribution in [0.5, 0.6) is 0 Å². The summed E-state index contributed by atoms with van der Waals surface area (Å²) >= 11 is 0. The van der Waals surface area contributed by atoms with Crippen molar-refractivity contribution in [2.75, 3.05) is 4.90 Å². The summed E-state index contributed by atoms with van der Waals surface area (Å²) in [5.41, 5.74) is -1.70.